The molecule has 0 saturated heterocycles. The van der Waals surface area contributed by atoms with Crippen LogP contribution in [-0.4, -0.2) is 40.9 Å². The number of methoxy groups -OCH3 is 1. The summed E-state index contributed by atoms with van der Waals surface area (Å²) in [5.41, 5.74) is 2.56. The van der Waals surface area contributed by atoms with E-state index < -0.39 is 6.61 Å². The Balaban J connectivity index is 1.55. The predicted molar refractivity (Wildman–Crippen MR) is 127 cm³/mol. The van der Waals surface area contributed by atoms with Crippen molar-refractivity contribution in [3.05, 3.63) is 59.1 Å². The van der Waals surface area contributed by atoms with Crippen LogP contribution in [0.15, 0.2) is 48.0 Å². The number of ether oxygens (including phenoxy) is 2. The molecule has 178 valence electrons. The van der Waals surface area contributed by atoms with E-state index in [4.69, 9.17) is 9.72 Å². The lowest BCUT2D eigenvalue weighted by molar-refractivity contribution is -0.0512. The van der Waals surface area contributed by atoms with Gasteiger partial charge in [-0.15, -0.1) is 11.3 Å². The normalized spacial score (nSPS) is 11.4. The zero-order chi connectivity index (χ0) is 24.2. The third-order valence-electron chi connectivity index (χ3n) is 5.22. The van der Waals surface area contributed by atoms with Gasteiger partial charge in [-0.2, -0.15) is 13.9 Å². The average molecular weight is 487 g/mol. The smallest absolute Gasteiger partial charge is 0.387 e. The summed E-state index contributed by atoms with van der Waals surface area (Å²) in [6.45, 7) is 1.36. The monoisotopic (exact) mass is 486 g/mol. The minimum absolute atomic E-state index is 0.0427. The molecular weight excluding hydrogens is 462 g/mol. The number of pyridine rings is 1. The van der Waals surface area contributed by atoms with Gasteiger partial charge in [0.2, 0.25) is 0 Å². The molecule has 1 aromatic carbocycles. The number of nitrogens with one attached hydrogen (secondary N) is 1. The van der Waals surface area contributed by atoms with Crippen molar-refractivity contribution >= 4 is 28.3 Å². The fourth-order valence-corrected chi connectivity index (χ4v) is 4.30. The Morgan fingerprint density at radius 1 is 1.21 bits per heavy atom. The van der Waals surface area contributed by atoms with E-state index in [1.165, 1.54) is 13.2 Å². The van der Waals surface area contributed by atoms with Gasteiger partial charge in [-0.25, -0.2) is 9.67 Å². The molecule has 0 atom stereocenters. The van der Waals surface area contributed by atoms with Crippen molar-refractivity contribution in [1.82, 2.24) is 20.1 Å². The molecule has 10 heteroatoms. The zero-order valence-electron chi connectivity index (χ0n) is 18.9. The molecule has 4 rings (SSSR count). The van der Waals surface area contributed by atoms with Crippen molar-refractivity contribution in [2.75, 3.05) is 13.7 Å². The second kappa shape index (κ2) is 10.2. The predicted octanol–water partition coefficient (Wildman–Crippen LogP) is 5.32. The first-order valence-electron chi connectivity index (χ1n) is 10.7. The third-order valence-corrected chi connectivity index (χ3v) is 6.11. The molecule has 0 aliphatic carbocycles. The van der Waals surface area contributed by atoms with Crippen molar-refractivity contribution in [2.45, 2.75) is 32.9 Å². The van der Waals surface area contributed by atoms with Crippen molar-refractivity contribution in [3.8, 4) is 22.1 Å². The Morgan fingerprint density at radius 2 is 2.03 bits per heavy atom. The molecule has 0 unspecified atom stereocenters. The summed E-state index contributed by atoms with van der Waals surface area (Å²) < 4.78 is 36.8. The van der Waals surface area contributed by atoms with Gasteiger partial charge in [0.25, 0.3) is 5.91 Å². The van der Waals surface area contributed by atoms with E-state index in [-0.39, 0.29) is 23.4 Å². The van der Waals surface area contributed by atoms with E-state index >= 15 is 0 Å². The Bertz CT molecular complexity index is 1290. The molecule has 0 bridgehead atoms. The molecule has 0 fully saturated rings. The molecule has 7 nitrogen and oxygen atoms in total. The lowest BCUT2D eigenvalue weighted by atomic mass is 10.1. The second-order valence-corrected chi connectivity index (χ2v) is 8.77. The number of halogens is 2. The van der Waals surface area contributed by atoms with Crippen LogP contribution < -0.4 is 14.8 Å². The number of aromatic nitrogens is 3. The van der Waals surface area contributed by atoms with Crippen LogP contribution in [0, 0.1) is 0 Å². The van der Waals surface area contributed by atoms with E-state index in [0.29, 0.717) is 35.3 Å². The number of fused-ring (bicyclic) bond motifs is 1. The fraction of sp³-hybridized carbons (Fsp3) is 0.292. The minimum atomic E-state index is -2.96. The average Bonchev–Trinajstić information content (AvgIpc) is 3.48. The number of nitrogens with zero attached hydrogens (tertiary/aromatic N) is 3. The number of hydrogen-bond donors (Lipinski definition) is 1. The summed E-state index contributed by atoms with van der Waals surface area (Å²) in [5.74, 6) is -0.0829. The highest BCUT2D eigenvalue weighted by molar-refractivity contribution is 7.13. The quantitative estimate of drug-likeness (QED) is 0.346. The molecule has 4 aromatic rings. The number of hydrogen-bond acceptors (Lipinski definition) is 6. The van der Waals surface area contributed by atoms with Crippen molar-refractivity contribution in [2.24, 2.45) is 0 Å². The van der Waals surface area contributed by atoms with Gasteiger partial charge < -0.3 is 14.8 Å². The first-order chi connectivity index (χ1) is 16.4. The highest BCUT2D eigenvalue weighted by atomic mass is 32.1. The van der Waals surface area contributed by atoms with Gasteiger partial charge in [0, 0.05) is 12.6 Å². The molecule has 0 radical (unpaired) electrons. The number of carbonyl (C=O) groups is 1. The molecule has 0 saturated carbocycles. The lowest BCUT2D eigenvalue weighted by Crippen LogP contribution is -2.26. The Labute approximate surface area is 199 Å². The summed E-state index contributed by atoms with van der Waals surface area (Å²) in [4.78, 5) is 18.9. The summed E-state index contributed by atoms with van der Waals surface area (Å²) >= 11 is 1.55. The molecule has 1 amide bonds. The molecule has 0 aliphatic heterocycles. The summed E-state index contributed by atoms with van der Waals surface area (Å²) in [6.07, 6.45) is 2.08. The van der Waals surface area contributed by atoms with Gasteiger partial charge in [-0.1, -0.05) is 12.1 Å². The topological polar surface area (TPSA) is 78.3 Å². The first-order valence-corrected chi connectivity index (χ1v) is 11.6. The number of carbonyl (C=O) groups excluding carboxylic acids is 1. The fourth-order valence-electron chi connectivity index (χ4n) is 3.61. The highest BCUT2D eigenvalue weighted by Gasteiger charge is 2.19. The molecule has 3 aromatic heterocycles. The minimum Gasteiger partial charge on any atom is -0.493 e. The van der Waals surface area contributed by atoms with Crippen LogP contribution in [0.3, 0.4) is 0 Å². The number of benzene rings is 1. The number of rotatable bonds is 9. The van der Waals surface area contributed by atoms with Gasteiger partial charge in [-0.05, 0) is 55.5 Å². The van der Waals surface area contributed by atoms with E-state index in [2.05, 4.69) is 15.2 Å². The number of amides is 1. The van der Waals surface area contributed by atoms with Crippen LogP contribution in [0.5, 0.6) is 11.5 Å². The van der Waals surface area contributed by atoms with Crippen molar-refractivity contribution in [3.63, 3.8) is 0 Å². The van der Waals surface area contributed by atoms with Crippen LogP contribution in [0.4, 0.5) is 8.78 Å². The van der Waals surface area contributed by atoms with Crippen LogP contribution in [0.25, 0.3) is 21.6 Å². The molecular formula is C24H24F2N4O3S. The standard InChI is InChI=1S/C24H24F2N4O3S/c1-14(2)30-22-17(13-28-30)16(12-18(29-22)21-5-4-10-34-21)23(31)27-9-8-15-6-7-19(32-3)20(11-15)33-24(25)26/h4-7,10-14,24H,8-9H2,1-3H3,(H,27,31). The van der Waals surface area contributed by atoms with E-state index in [1.807, 2.05) is 31.4 Å². The van der Waals surface area contributed by atoms with Crippen LogP contribution in [0.1, 0.15) is 35.8 Å². The summed E-state index contributed by atoms with van der Waals surface area (Å²) in [5, 5.41) is 9.98. The molecule has 0 spiro atoms. The molecule has 1 N–H and O–H groups in total. The largest absolute Gasteiger partial charge is 0.493 e. The van der Waals surface area contributed by atoms with E-state index in [0.717, 1.165) is 10.4 Å². The van der Waals surface area contributed by atoms with Gasteiger partial charge in [0.15, 0.2) is 17.1 Å². The maximum Gasteiger partial charge on any atom is 0.387 e. The van der Waals surface area contributed by atoms with Crippen LogP contribution in [-0.2, 0) is 6.42 Å². The van der Waals surface area contributed by atoms with Crippen LogP contribution in [0.2, 0.25) is 0 Å². The molecule has 34 heavy (non-hydrogen) atoms. The summed E-state index contributed by atoms with van der Waals surface area (Å²) in [6, 6.07) is 10.6. The lowest BCUT2D eigenvalue weighted by Gasteiger charge is -2.12. The maximum atomic E-state index is 13.1. The SMILES string of the molecule is COc1ccc(CCNC(=O)c2cc(-c3cccs3)nc3c2cnn3C(C)C)cc1OC(F)F. The third kappa shape index (κ3) is 5.01. The maximum absolute atomic E-state index is 13.1. The van der Waals surface area contributed by atoms with Crippen LogP contribution >= 0.6 is 11.3 Å². The summed E-state index contributed by atoms with van der Waals surface area (Å²) in [7, 11) is 1.38. The van der Waals surface area contributed by atoms with Gasteiger partial charge in [0.1, 0.15) is 0 Å². The van der Waals surface area contributed by atoms with E-state index in [9.17, 15) is 13.6 Å². The molecule has 3 heterocycles. The Kier molecular flexibility index (Phi) is 7.06. The van der Waals surface area contributed by atoms with E-state index in [1.54, 1.807) is 40.4 Å². The van der Waals surface area contributed by atoms with Gasteiger partial charge in [0.05, 0.1) is 34.8 Å². The highest BCUT2D eigenvalue weighted by Crippen LogP contribution is 2.30. The zero-order valence-corrected chi connectivity index (χ0v) is 19.7. The molecule has 0 aliphatic rings. The second-order valence-electron chi connectivity index (χ2n) is 7.82. The Hall–Kier alpha value is -3.53. The Morgan fingerprint density at radius 3 is 2.71 bits per heavy atom. The first kappa shape index (κ1) is 23.6. The van der Waals surface area contributed by atoms with Gasteiger partial charge >= 0.3 is 6.61 Å². The number of alkyl halides is 2. The van der Waals surface area contributed by atoms with Crippen molar-refractivity contribution < 1.29 is 23.0 Å². The number of thiophene rings is 1. The van der Waals surface area contributed by atoms with Gasteiger partial charge in [-0.3, -0.25) is 4.79 Å². The van der Waals surface area contributed by atoms with Crippen molar-refractivity contribution in [1.29, 1.82) is 0 Å².